The Labute approximate surface area is 110 Å². The van der Waals surface area contributed by atoms with Crippen molar-refractivity contribution in [3.8, 4) is 17.2 Å². The molecule has 102 valence electrons. The molecule has 6 nitrogen and oxygen atoms in total. The Bertz CT molecular complexity index is 493. The Kier molecular flexibility index (Phi) is 4.93. The quantitative estimate of drug-likeness (QED) is 0.621. The summed E-state index contributed by atoms with van der Waals surface area (Å²) in [6, 6.07) is 3.04. The second kappa shape index (κ2) is 6.44. The molecule has 0 aliphatic heterocycles. The molecule has 0 amide bonds. The third-order valence-electron chi connectivity index (χ3n) is 2.34. The molecule has 0 heterocycles. The van der Waals surface area contributed by atoms with Crippen molar-refractivity contribution in [1.82, 2.24) is 0 Å². The molecule has 1 N–H and O–H groups in total. The predicted molar refractivity (Wildman–Crippen MR) is 67.2 cm³/mol. The third kappa shape index (κ3) is 3.48. The second-order valence-corrected chi connectivity index (χ2v) is 3.44. The topological polar surface area (TPSA) is 82.1 Å². The largest absolute Gasteiger partial charge is 0.496 e. The van der Waals surface area contributed by atoms with Crippen LogP contribution in [0, 0.1) is 0 Å². The highest BCUT2D eigenvalue weighted by atomic mass is 16.5. The molecule has 0 aromatic heterocycles. The van der Waals surface area contributed by atoms with Crippen LogP contribution < -0.4 is 14.2 Å². The van der Waals surface area contributed by atoms with E-state index in [-0.39, 0.29) is 17.1 Å². The number of carboxylic acid groups (broad SMARTS) is 1. The number of aliphatic carboxylic acids is 1. The smallest absolute Gasteiger partial charge is 0.328 e. The maximum atomic E-state index is 12.0. The summed E-state index contributed by atoms with van der Waals surface area (Å²) in [6.45, 7) is 0. The van der Waals surface area contributed by atoms with E-state index in [2.05, 4.69) is 0 Å². The molecule has 1 aromatic rings. The lowest BCUT2D eigenvalue weighted by molar-refractivity contribution is -0.131. The van der Waals surface area contributed by atoms with Gasteiger partial charge in [0.25, 0.3) is 0 Å². The van der Waals surface area contributed by atoms with Gasteiger partial charge in [0.1, 0.15) is 22.8 Å². The van der Waals surface area contributed by atoms with Crippen LogP contribution in [0.25, 0.3) is 0 Å². The van der Waals surface area contributed by atoms with Crippen LogP contribution in [0.5, 0.6) is 17.2 Å². The van der Waals surface area contributed by atoms with Crippen LogP contribution >= 0.6 is 0 Å². The van der Waals surface area contributed by atoms with Crippen molar-refractivity contribution < 1.29 is 28.9 Å². The zero-order valence-electron chi connectivity index (χ0n) is 10.8. The first-order valence-electron chi connectivity index (χ1n) is 5.28. The molecular formula is C13H14O6. The Balaban J connectivity index is 3.31. The molecule has 0 unspecified atom stereocenters. The summed E-state index contributed by atoms with van der Waals surface area (Å²) < 4.78 is 15.2. The average molecular weight is 266 g/mol. The third-order valence-corrected chi connectivity index (χ3v) is 2.34. The summed E-state index contributed by atoms with van der Waals surface area (Å²) in [5.41, 5.74) is 0.142. The zero-order chi connectivity index (χ0) is 14.4. The lowest BCUT2D eigenvalue weighted by Gasteiger charge is -2.12. The number of ether oxygens (including phenoxy) is 3. The fourth-order valence-electron chi connectivity index (χ4n) is 1.48. The van der Waals surface area contributed by atoms with Crippen molar-refractivity contribution in [2.45, 2.75) is 0 Å². The van der Waals surface area contributed by atoms with Gasteiger partial charge >= 0.3 is 5.97 Å². The minimum absolute atomic E-state index is 0.142. The van der Waals surface area contributed by atoms with E-state index in [0.29, 0.717) is 5.75 Å². The molecule has 0 radical (unpaired) electrons. The van der Waals surface area contributed by atoms with Crippen LogP contribution in [0.3, 0.4) is 0 Å². The molecular weight excluding hydrogens is 252 g/mol. The Hall–Kier alpha value is -2.50. The second-order valence-electron chi connectivity index (χ2n) is 3.44. The lowest BCUT2D eigenvalue weighted by Crippen LogP contribution is -2.04. The van der Waals surface area contributed by atoms with Crippen LogP contribution in [-0.4, -0.2) is 38.2 Å². The summed E-state index contributed by atoms with van der Waals surface area (Å²) >= 11 is 0. The van der Waals surface area contributed by atoms with E-state index >= 15 is 0 Å². The highest BCUT2D eigenvalue weighted by Crippen LogP contribution is 2.34. The highest BCUT2D eigenvalue weighted by molar-refractivity contribution is 6.10. The first-order chi connectivity index (χ1) is 9.03. The molecule has 1 rings (SSSR count). The van der Waals surface area contributed by atoms with Crippen molar-refractivity contribution in [1.29, 1.82) is 0 Å². The first-order valence-corrected chi connectivity index (χ1v) is 5.28. The van der Waals surface area contributed by atoms with Gasteiger partial charge in [-0.15, -0.1) is 0 Å². The van der Waals surface area contributed by atoms with Crippen LogP contribution in [0.4, 0.5) is 0 Å². The van der Waals surface area contributed by atoms with E-state index in [1.165, 1.54) is 33.5 Å². The summed E-state index contributed by atoms with van der Waals surface area (Å²) in [5.74, 6) is -0.779. The molecule has 0 saturated carbocycles. The standard InChI is InChI=1S/C13H14O6/c1-17-8-6-10(18-2)13(11(7-8)19-3)9(14)4-5-12(15)16/h4-7H,1-3H3,(H,15,16)/b5-4+. The van der Waals surface area contributed by atoms with Gasteiger partial charge in [-0.25, -0.2) is 4.79 Å². The predicted octanol–water partition coefficient (Wildman–Crippen LogP) is 1.54. The lowest BCUT2D eigenvalue weighted by atomic mass is 10.1. The molecule has 0 spiro atoms. The minimum atomic E-state index is -1.21. The van der Waals surface area contributed by atoms with E-state index in [4.69, 9.17) is 19.3 Å². The van der Waals surface area contributed by atoms with Crippen LogP contribution in [0.1, 0.15) is 10.4 Å². The van der Waals surface area contributed by atoms with Crippen LogP contribution in [-0.2, 0) is 4.79 Å². The summed E-state index contributed by atoms with van der Waals surface area (Å²) in [4.78, 5) is 22.4. The highest BCUT2D eigenvalue weighted by Gasteiger charge is 2.18. The fraction of sp³-hybridized carbons (Fsp3) is 0.231. The molecule has 0 bridgehead atoms. The maximum Gasteiger partial charge on any atom is 0.328 e. The Morgan fingerprint density at radius 2 is 1.53 bits per heavy atom. The van der Waals surface area contributed by atoms with Gasteiger partial charge in [0.05, 0.1) is 21.3 Å². The Morgan fingerprint density at radius 3 is 1.89 bits per heavy atom. The number of carbonyl (C=O) groups excluding carboxylic acids is 1. The number of allylic oxidation sites excluding steroid dienone is 1. The van der Waals surface area contributed by atoms with E-state index < -0.39 is 11.8 Å². The van der Waals surface area contributed by atoms with Crippen molar-refractivity contribution in [2.75, 3.05) is 21.3 Å². The van der Waals surface area contributed by atoms with E-state index in [9.17, 15) is 9.59 Å². The molecule has 0 aliphatic carbocycles. The molecule has 0 aliphatic rings. The number of hydrogen-bond acceptors (Lipinski definition) is 5. The summed E-state index contributed by atoms with van der Waals surface area (Å²) in [5, 5.41) is 8.52. The normalized spacial score (nSPS) is 10.3. The van der Waals surface area contributed by atoms with E-state index in [1.807, 2.05) is 0 Å². The molecule has 0 atom stereocenters. The van der Waals surface area contributed by atoms with Gasteiger partial charge in [-0.1, -0.05) is 0 Å². The van der Waals surface area contributed by atoms with Gasteiger partial charge in [-0.3, -0.25) is 4.79 Å². The SMILES string of the molecule is COc1cc(OC)c(C(=O)/C=C/C(=O)O)c(OC)c1. The average Bonchev–Trinajstić information content (AvgIpc) is 2.42. The maximum absolute atomic E-state index is 12.0. The number of ketones is 1. The molecule has 19 heavy (non-hydrogen) atoms. The fourth-order valence-corrected chi connectivity index (χ4v) is 1.48. The minimum Gasteiger partial charge on any atom is -0.496 e. The summed E-state index contributed by atoms with van der Waals surface area (Å²) in [6.07, 6.45) is 1.70. The van der Waals surface area contributed by atoms with Crippen LogP contribution in [0.15, 0.2) is 24.3 Å². The number of carbonyl (C=O) groups is 2. The van der Waals surface area contributed by atoms with E-state index in [0.717, 1.165) is 12.2 Å². The number of carboxylic acids is 1. The van der Waals surface area contributed by atoms with Gasteiger partial charge in [0.2, 0.25) is 0 Å². The van der Waals surface area contributed by atoms with Gasteiger partial charge < -0.3 is 19.3 Å². The Morgan fingerprint density at radius 1 is 1.00 bits per heavy atom. The monoisotopic (exact) mass is 266 g/mol. The van der Waals surface area contributed by atoms with Crippen LogP contribution in [0.2, 0.25) is 0 Å². The molecule has 6 heteroatoms. The summed E-state index contributed by atoms with van der Waals surface area (Å²) in [7, 11) is 4.26. The zero-order valence-corrected chi connectivity index (χ0v) is 10.8. The number of benzene rings is 1. The van der Waals surface area contributed by atoms with Crippen molar-refractivity contribution in [2.24, 2.45) is 0 Å². The molecule has 0 saturated heterocycles. The molecule has 1 aromatic carbocycles. The van der Waals surface area contributed by atoms with Gasteiger partial charge in [-0.2, -0.15) is 0 Å². The van der Waals surface area contributed by atoms with Gasteiger partial charge in [-0.05, 0) is 6.08 Å². The van der Waals surface area contributed by atoms with Gasteiger partial charge in [0.15, 0.2) is 5.78 Å². The first kappa shape index (κ1) is 14.6. The van der Waals surface area contributed by atoms with E-state index in [1.54, 1.807) is 0 Å². The van der Waals surface area contributed by atoms with Gasteiger partial charge in [0, 0.05) is 18.2 Å². The van der Waals surface area contributed by atoms with Crippen molar-refractivity contribution in [3.05, 3.63) is 29.8 Å². The van der Waals surface area contributed by atoms with Crippen molar-refractivity contribution in [3.63, 3.8) is 0 Å². The number of hydrogen-bond donors (Lipinski definition) is 1. The number of rotatable bonds is 6. The number of methoxy groups -OCH3 is 3. The molecule has 0 fully saturated rings. The van der Waals surface area contributed by atoms with Crippen molar-refractivity contribution >= 4 is 11.8 Å².